The van der Waals surface area contributed by atoms with Gasteiger partial charge in [-0.1, -0.05) is 13.8 Å². The lowest BCUT2D eigenvalue weighted by atomic mass is 9.84. The molecule has 18 heavy (non-hydrogen) atoms. The van der Waals surface area contributed by atoms with Crippen molar-refractivity contribution in [1.29, 1.82) is 0 Å². The Kier molecular flexibility index (Phi) is 8.62. The van der Waals surface area contributed by atoms with Crippen LogP contribution in [0.5, 0.6) is 0 Å². The van der Waals surface area contributed by atoms with E-state index in [1.807, 2.05) is 20.1 Å². The molecule has 0 radical (unpaired) electrons. The minimum absolute atomic E-state index is 0.0645. The van der Waals surface area contributed by atoms with Gasteiger partial charge < -0.3 is 15.7 Å². The van der Waals surface area contributed by atoms with Crippen LogP contribution < -0.4 is 10.6 Å². The first kappa shape index (κ1) is 17.1. The van der Waals surface area contributed by atoms with E-state index in [9.17, 15) is 9.59 Å². The molecule has 0 aromatic carbocycles. The van der Waals surface area contributed by atoms with Crippen LogP contribution in [-0.2, 0) is 4.79 Å². The number of carbonyl (C=O) groups excluding carboxylic acids is 1. The molecule has 0 atom stereocenters. The highest BCUT2D eigenvalue weighted by Gasteiger charge is 2.19. The van der Waals surface area contributed by atoms with Crippen molar-refractivity contribution in [1.82, 2.24) is 10.6 Å². The number of urea groups is 1. The third-order valence-corrected chi connectivity index (χ3v) is 3.31. The van der Waals surface area contributed by atoms with E-state index in [1.54, 1.807) is 11.8 Å². The van der Waals surface area contributed by atoms with E-state index in [0.717, 1.165) is 12.2 Å². The van der Waals surface area contributed by atoms with Crippen molar-refractivity contribution in [2.24, 2.45) is 5.41 Å². The Labute approximate surface area is 113 Å². The molecule has 0 aliphatic carbocycles. The van der Waals surface area contributed by atoms with E-state index in [0.29, 0.717) is 19.5 Å². The van der Waals surface area contributed by atoms with E-state index in [4.69, 9.17) is 5.11 Å². The molecule has 0 unspecified atom stereocenters. The van der Waals surface area contributed by atoms with Crippen LogP contribution in [0.3, 0.4) is 0 Å². The van der Waals surface area contributed by atoms with Crippen LogP contribution >= 0.6 is 11.8 Å². The van der Waals surface area contributed by atoms with Gasteiger partial charge >= 0.3 is 12.0 Å². The molecule has 0 aromatic rings. The summed E-state index contributed by atoms with van der Waals surface area (Å²) in [7, 11) is 0. The monoisotopic (exact) mass is 276 g/mol. The topological polar surface area (TPSA) is 78.4 Å². The highest BCUT2D eigenvalue weighted by atomic mass is 32.2. The molecule has 5 nitrogen and oxygen atoms in total. The third-order valence-electron chi connectivity index (χ3n) is 2.69. The van der Waals surface area contributed by atoms with Gasteiger partial charge in [0.05, 0.1) is 0 Å². The number of rotatable bonds is 9. The van der Waals surface area contributed by atoms with E-state index >= 15 is 0 Å². The van der Waals surface area contributed by atoms with Crippen LogP contribution in [0.2, 0.25) is 0 Å². The molecule has 0 saturated carbocycles. The largest absolute Gasteiger partial charge is 0.481 e. The molecule has 0 aliphatic rings. The van der Waals surface area contributed by atoms with Crippen LogP contribution in [0.1, 0.15) is 33.1 Å². The van der Waals surface area contributed by atoms with Gasteiger partial charge in [-0.05, 0) is 24.5 Å². The van der Waals surface area contributed by atoms with Crippen molar-refractivity contribution >= 4 is 23.8 Å². The average molecular weight is 276 g/mol. The lowest BCUT2D eigenvalue weighted by Gasteiger charge is -2.23. The zero-order chi connectivity index (χ0) is 14.0. The number of hydrogen-bond acceptors (Lipinski definition) is 3. The SMILES string of the molecule is CSCCNC(=O)NCCC(C)(C)CCC(=O)O. The number of carboxylic acids is 1. The maximum Gasteiger partial charge on any atom is 0.314 e. The van der Waals surface area contributed by atoms with Crippen molar-refractivity contribution in [3.63, 3.8) is 0 Å². The molecule has 0 aromatic heterocycles. The Morgan fingerprint density at radius 2 is 1.78 bits per heavy atom. The minimum atomic E-state index is -0.772. The summed E-state index contributed by atoms with van der Waals surface area (Å²) < 4.78 is 0. The van der Waals surface area contributed by atoms with Gasteiger partial charge in [-0.2, -0.15) is 11.8 Å². The third kappa shape index (κ3) is 10.3. The molecule has 3 N–H and O–H groups in total. The molecule has 0 fully saturated rings. The highest BCUT2D eigenvalue weighted by Crippen LogP contribution is 2.25. The van der Waals surface area contributed by atoms with Crippen molar-refractivity contribution in [3.05, 3.63) is 0 Å². The smallest absolute Gasteiger partial charge is 0.314 e. The molecule has 106 valence electrons. The van der Waals surface area contributed by atoms with Crippen molar-refractivity contribution in [2.45, 2.75) is 33.1 Å². The Morgan fingerprint density at radius 1 is 1.17 bits per heavy atom. The molecule has 0 aliphatic heterocycles. The first-order chi connectivity index (χ1) is 8.37. The lowest BCUT2D eigenvalue weighted by Crippen LogP contribution is -2.38. The predicted molar refractivity (Wildman–Crippen MR) is 75.1 cm³/mol. The molecule has 0 heterocycles. The number of aliphatic carboxylic acids is 1. The zero-order valence-corrected chi connectivity index (χ0v) is 12.2. The van der Waals surface area contributed by atoms with Gasteiger partial charge in [0.15, 0.2) is 0 Å². The second-order valence-corrected chi connectivity index (χ2v) is 5.97. The van der Waals surface area contributed by atoms with Crippen LogP contribution in [0, 0.1) is 5.41 Å². The molecule has 0 bridgehead atoms. The Hall–Kier alpha value is -0.910. The Bertz CT molecular complexity index is 270. The quantitative estimate of drug-likeness (QED) is 0.562. The highest BCUT2D eigenvalue weighted by molar-refractivity contribution is 7.98. The number of thioether (sulfide) groups is 1. The summed E-state index contributed by atoms with van der Waals surface area (Å²) in [6.07, 6.45) is 3.56. The summed E-state index contributed by atoms with van der Waals surface area (Å²) in [6, 6.07) is -0.155. The van der Waals surface area contributed by atoms with E-state index in [-0.39, 0.29) is 17.9 Å². The molecule has 2 amide bonds. The summed E-state index contributed by atoms with van der Waals surface area (Å²) in [5.74, 6) is 0.128. The first-order valence-corrected chi connectivity index (χ1v) is 7.49. The van der Waals surface area contributed by atoms with E-state index in [2.05, 4.69) is 10.6 Å². The van der Waals surface area contributed by atoms with Crippen LogP contribution in [0.4, 0.5) is 4.79 Å². The fourth-order valence-corrected chi connectivity index (χ4v) is 1.72. The number of carboxylic acid groups (broad SMARTS) is 1. The molecular weight excluding hydrogens is 252 g/mol. The summed E-state index contributed by atoms with van der Waals surface area (Å²) in [5.41, 5.74) is -0.0645. The van der Waals surface area contributed by atoms with Crippen LogP contribution in [0.15, 0.2) is 0 Å². The molecular formula is C12H24N2O3S. The molecule has 0 spiro atoms. The summed E-state index contributed by atoms with van der Waals surface area (Å²) in [4.78, 5) is 21.8. The standard InChI is InChI=1S/C12H24N2O3S/c1-12(2,5-4-10(15)16)6-7-13-11(17)14-8-9-18-3/h4-9H2,1-3H3,(H,15,16)(H2,13,14,17). The van der Waals surface area contributed by atoms with E-state index in [1.165, 1.54) is 0 Å². The van der Waals surface area contributed by atoms with Gasteiger partial charge in [0.25, 0.3) is 0 Å². The van der Waals surface area contributed by atoms with Gasteiger partial charge in [-0.25, -0.2) is 4.79 Å². The van der Waals surface area contributed by atoms with Gasteiger partial charge in [0.1, 0.15) is 0 Å². The van der Waals surface area contributed by atoms with Crippen LogP contribution in [0.25, 0.3) is 0 Å². The number of hydrogen-bond donors (Lipinski definition) is 3. The maximum absolute atomic E-state index is 11.3. The van der Waals surface area contributed by atoms with Crippen molar-refractivity contribution in [3.8, 4) is 0 Å². The van der Waals surface area contributed by atoms with Gasteiger partial charge in [0.2, 0.25) is 0 Å². The molecule has 6 heteroatoms. The number of carbonyl (C=O) groups is 2. The van der Waals surface area contributed by atoms with Gasteiger partial charge in [-0.3, -0.25) is 4.79 Å². The predicted octanol–water partition coefficient (Wildman–Crippen LogP) is 1.93. The van der Waals surface area contributed by atoms with E-state index < -0.39 is 5.97 Å². The minimum Gasteiger partial charge on any atom is -0.481 e. The lowest BCUT2D eigenvalue weighted by molar-refractivity contribution is -0.137. The summed E-state index contributed by atoms with van der Waals surface area (Å²) in [5, 5.41) is 14.2. The second-order valence-electron chi connectivity index (χ2n) is 4.98. The fourth-order valence-electron chi connectivity index (χ4n) is 1.41. The first-order valence-electron chi connectivity index (χ1n) is 6.10. The van der Waals surface area contributed by atoms with Crippen LogP contribution in [-0.4, -0.2) is 42.2 Å². The summed E-state index contributed by atoms with van der Waals surface area (Å²) in [6.45, 7) is 5.26. The Morgan fingerprint density at radius 3 is 2.33 bits per heavy atom. The number of amides is 2. The van der Waals surface area contributed by atoms with Crippen molar-refractivity contribution < 1.29 is 14.7 Å². The second kappa shape index (κ2) is 9.08. The summed E-state index contributed by atoms with van der Waals surface area (Å²) >= 11 is 1.68. The molecule has 0 rings (SSSR count). The van der Waals surface area contributed by atoms with Crippen molar-refractivity contribution in [2.75, 3.05) is 25.1 Å². The maximum atomic E-state index is 11.3. The zero-order valence-electron chi connectivity index (χ0n) is 11.4. The number of nitrogens with one attached hydrogen (secondary N) is 2. The normalized spacial score (nSPS) is 11.1. The average Bonchev–Trinajstić information content (AvgIpc) is 2.27. The van der Waals surface area contributed by atoms with Gasteiger partial charge in [-0.15, -0.1) is 0 Å². The molecule has 0 saturated heterocycles. The Balaban J connectivity index is 3.68. The fraction of sp³-hybridized carbons (Fsp3) is 0.833. The van der Waals surface area contributed by atoms with Gasteiger partial charge in [0, 0.05) is 25.3 Å².